The number of carbonyl (C=O) groups excluding carboxylic acids is 4. The van der Waals surface area contributed by atoms with Crippen LogP contribution in [-0.4, -0.2) is 119 Å². The molecule has 350 valence electrons. The Labute approximate surface area is 383 Å². The van der Waals surface area contributed by atoms with Crippen LogP contribution in [0.25, 0.3) is 21.6 Å². The van der Waals surface area contributed by atoms with Gasteiger partial charge >= 0.3 is 12.0 Å². The van der Waals surface area contributed by atoms with Crippen LogP contribution in [0.5, 0.6) is 11.5 Å². The number of hydrogen-bond acceptors (Lipinski definition) is 12. The van der Waals surface area contributed by atoms with Crippen molar-refractivity contribution in [3.8, 4) is 22.2 Å². The lowest BCUT2D eigenvalue weighted by molar-refractivity contribution is -0.141. The summed E-state index contributed by atoms with van der Waals surface area (Å²) in [4.78, 5) is 81.8. The SMILES string of the molecule is COc1ccc2c(O[C@@H]3C[C@H]4C(=O)N[C@]5(C(=O)NS(=O)(=O)C6CC6)C[C@H]5/C=C\CCCCC[C@H](NC(=O)N5CCC(CC(=O)O)CC5)C(=O)N4C3)cc(-c3nc(C(C)C)cs3)nc2c1C. The molecule has 0 bridgehead atoms. The van der Waals surface area contributed by atoms with E-state index in [1.807, 2.05) is 42.7 Å². The Morgan fingerprint density at radius 2 is 1.82 bits per heavy atom. The van der Waals surface area contributed by atoms with Crippen LogP contribution in [0, 0.1) is 18.8 Å². The summed E-state index contributed by atoms with van der Waals surface area (Å²) in [6.07, 6.45) is 8.37. The maximum Gasteiger partial charge on any atom is 0.318 e. The monoisotopic (exact) mass is 933 g/mol. The second-order valence-corrected chi connectivity index (χ2v) is 21.4. The lowest BCUT2D eigenvalue weighted by Crippen LogP contribution is -2.59. The molecule has 2 aromatic heterocycles. The molecule has 3 aliphatic heterocycles. The van der Waals surface area contributed by atoms with Gasteiger partial charge < -0.3 is 35.0 Å². The number of fused-ring (bicyclic) bond motifs is 3. The largest absolute Gasteiger partial charge is 0.496 e. The van der Waals surface area contributed by atoms with Crippen LogP contribution in [0.1, 0.15) is 108 Å². The Balaban J connectivity index is 1.12. The summed E-state index contributed by atoms with van der Waals surface area (Å²) in [7, 11) is -2.35. The Morgan fingerprint density at radius 1 is 1.05 bits per heavy atom. The fraction of sp³-hybridized carbons (Fsp3) is 0.587. The number of carbonyl (C=O) groups is 5. The summed E-state index contributed by atoms with van der Waals surface area (Å²) < 4.78 is 40.8. The third kappa shape index (κ3) is 10.1. The van der Waals surface area contributed by atoms with Gasteiger partial charge in [-0.1, -0.05) is 38.8 Å². The Hall–Kier alpha value is -5.30. The van der Waals surface area contributed by atoms with E-state index in [2.05, 4.69) is 29.2 Å². The van der Waals surface area contributed by atoms with E-state index in [1.165, 1.54) is 16.2 Å². The van der Waals surface area contributed by atoms with Crippen molar-refractivity contribution in [2.45, 2.75) is 133 Å². The van der Waals surface area contributed by atoms with E-state index in [0.717, 1.165) is 24.1 Å². The van der Waals surface area contributed by atoms with Gasteiger partial charge in [0.1, 0.15) is 45.9 Å². The highest BCUT2D eigenvalue weighted by Crippen LogP contribution is 2.46. The molecule has 1 aromatic carbocycles. The molecule has 8 rings (SSSR count). The van der Waals surface area contributed by atoms with Gasteiger partial charge in [-0.25, -0.2) is 23.2 Å². The van der Waals surface area contributed by atoms with Gasteiger partial charge in [-0.15, -0.1) is 11.3 Å². The third-order valence-corrected chi connectivity index (χ3v) is 16.2. The number of pyridine rings is 1. The van der Waals surface area contributed by atoms with Gasteiger partial charge in [-0.2, -0.15) is 0 Å². The molecule has 5 aliphatic rings. The number of urea groups is 1. The highest BCUT2D eigenvalue weighted by molar-refractivity contribution is 7.91. The summed E-state index contributed by atoms with van der Waals surface area (Å²) in [6.45, 7) is 6.70. The van der Waals surface area contributed by atoms with Crippen molar-refractivity contribution in [1.82, 2.24) is 35.1 Å². The lowest BCUT2D eigenvalue weighted by Gasteiger charge is -2.34. The second-order valence-electron chi connectivity index (χ2n) is 18.6. The highest BCUT2D eigenvalue weighted by atomic mass is 32.2. The number of piperidine rings is 1. The molecular weight excluding hydrogens is 875 g/mol. The smallest absolute Gasteiger partial charge is 0.318 e. The minimum absolute atomic E-state index is 0.0247. The van der Waals surface area contributed by atoms with Crippen LogP contribution >= 0.6 is 11.3 Å². The highest BCUT2D eigenvalue weighted by Gasteiger charge is 2.62. The molecule has 2 aliphatic carbocycles. The average molecular weight is 934 g/mol. The molecular formula is C46H59N7O10S2. The molecule has 19 heteroatoms. The summed E-state index contributed by atoms with van der Waals surface area (Å²) in [5, 5.41) is 17.9. The number of thiazole rings is 1. The number of hydrogen-bond donors (Lipinski definition) is 4. The molecule has 0 spiro atoms. The Morgan fingerprint density at radius 3 is 2.51 bits per heavy atom. The number of sulfonamides is 1. The molecule has 5 amide bonds. The minimum atomic E-state index is -3.94. The van der Waals surface area contributed by atoms with Gasteiger partial charge in [0, 0.05) is 54.2 Å². The molecule has 17 nitrogen and oxygen atoms in total. The van der Waals surface area contributed by atoms with Crippen molar-refractivity contribution in [2.75, 3.05) is 26.7 Å². The molecule has 3 aromatic rings. The number of benzene rings is 1. The number of allylic oxidation sites excluding steroid dienone is 1. The summed E-state index contributed by atoms with van der Waals surface area (Å²) >= 11 is 1.47. The van der Waals surface area contributed by atoms with E-state index in [-0.39, 0.29) is 37.6 Å². The van der Waals surface area contributed by atoms with Crippen molar-refractivity contribution in [3.63, 3.8) is 0 Å². The predicted octanol–water partition coefficient (Wildman–Crippen LogP) is 5.42. The number of aliphatic carboxylic acids is 1. The summed E-state index contributed by atoms with van der Waals surface area (Å²) in [5.41, 5.74) is 1.39. The lowest BCUT2D eigenvalue weighted by atomic mass is 9.94. The molecule has 4 N–H and O–H groups in total. The molecule has 4 fully saturated rings. The van der Waals surface area contributed by atoms with Gasteiger partial charge in [-0.3, -0.25) is 23.9 Å². The Kier molecular flexibility index (Phi) is 13.4. The number of carboxylic acids is 1. The van der Waals surface area contributed by atoms with E-state index in [0.29, 0.717) is 91.1 Å². The van der Waals surface area contributed by atoms with Gasteiger partial charge in [0.15, 0.2) is 0 Å². The molecule has 2 saturated heterocycles. The normalized spacial score (nSPS) is 26.0. The van der Waals surface area contributed by atoms with Gasteiger partial charge in [0.2, 0.25) is 21.8 Å². The zero-order valence-electron chi connectivity index (χ0n) is 37.3. The number of nitrogens with one attached hydrogen (secondary N) is 3. The zero-order chi connectivity index (χ0) is 46.2. The topological polar surface area (TPSA) is 227 Å². The number of amides is 5. The summed E-state index contributed by atoms with van der Waals surface area (Å²) in [5.74, 6) is -2.01. The predicted molar refractivity (Wildman–Crippen MR) is 243 cm³/mol. The van der Waals surface area contributed by atoms with E-state index >= 15 is 0 Å². The first-order valence-corrected chi connectivity index (χ1v) is 25.2. The number of aryl methyl sites for hydroxylation is 1. The standard InChI is InChI=1S/C46H59N7O10S2/c1-26(2)35-25-64-42(48-35)34-22-38(32-14-15-37(62-4)27(3)40(32)47-34)63-30-21-36-41(56)50-46(44(58)51-65(60,61)31-12-13-31)23-29(46)10-8-6-5-7-9-11-33(43(57)53(36)24-30)49-45(59)52-18-16-28(17-19-52)20-39(54)55/h8,10,14-15,22,25-26,28-31,33,36H,5-7,9,11-13,16-21,23-24H2,1-4H3,(H,49,59)(H,50,56)(H,51,58)(H,54,55)/b10-8-/t29-,30-,33+,36+,46-/m1/s1. The fourth-order valence-corrected chi connectivity index (χ4v) is 11.6. The first-order chi connectivity index (χ1) is 31.1. The molecule has 5 heterocycles. The van der Waals surface area contributed by atoms with Gasteiger partial charge in [-0.05, 0) is 82.3 Å². The number of nitrogens with zero attached hydrogens (tertiary/aromatic N) is 4. The number of likely N-dealkylation sites (tertiary alicyclic amines) is 1. The van der Waals surface area contributed by atoms with Crippen molar-refractivity contribution < 1.29 is 47.0 Å². The maximum atomic E-state index is 15.0. The van der Waals surface area contributed by atoms with Crippen LogP contribution in [0.15, 0.2) is 35.7 Å². The van der Waals surface area contributed by atoms with Crippen molar-refractivity contribution in [1.29, 1.82) is 0 Å². The van der Waals surface area contributed by atoms with E-state index in [1.54, 1.807) is 12.0 Å². The van der Waals surface area contributed by atoms with Crippen LogP contribution in [-0.2, 0) is 29.2 Å². The molecule has 5 atom stereocenters. The number of carboxylic acid groups (broad SMARTS) is 1. The number of ether oxygens (including phenoxy) is 2. The first-order valence-electron chi connectivity index (χ1n) is 22.8. The van der Waals surface area contributed by atoms with Gasteiger partial charge in [0.05, 0.1) is 30.1 Å². The fourth-order valence-electron chi connectivity index (χ4n) is 9.33. The van der Waals surface area contributed by atoms with Crippen molar-refractivity contribution >= 4 is 62.0 Å². The summed E-state index contributed by atoms with van der Waals surface area (Å²) in [6, 6.07) is 2.91. The van der Waals surface area contributed by atoms with Crippen LogP contribution < -0.4 is 24.8 Å². The van der Waals surface area contributed by atoms with E-state index in [4.69, 9.17) is 19.4 Å². The van der Waals surface area contributed by atoms with E-state index < -0.39 is 74.6 Å². The molecule has 2 saturated carbocycles. The van der Waals surface area contributed by atoms with Crippen LogP contribution in [0.3, 0.4) is 0 Å². The van der Waals surface area contributed by atoms with Crippen molar-refractivity contribution in [2.24, 2.45) is 11.8 Å². The third-order valence-electron chi connectivity index (χ3n) is 13.5. The quantitative estimate of drug-likeness (QED) is 0.177. The molecule has 0 unspecified atom stereocenters. The minimum Gasteiger partial charge on any atom is -0.496 e. The molecule has 0 radical (unpaired) electrons. The number of methoxy groups -OCH3 is 1. The van der Waals surface area contributed by atoms with Crippen molar-refractivity contribution in [3.05, 3.63) is 47.0 Å². The number of aromatic nitrogens is 2. The Bertz CT molecular complexity index is 2480. The van der Waals surface area contributed by atoms with Crippen LogP contribution in [0.2, 0.25) is 0 Å². The maximum absolute atomic E-state index is 15.0. The van der Waals surface area contributed by atoms with E-state index in [9.17, 15) is 37.5 Å². The molecule has 65 heavy (non-hydrogen) atoms. The second kappa shape index (κ2) is 18.9. The first kappa shape index (κ1) is 46.2. The zero-order valence-corrected chi connectivity index (χ0v) is 39.0. The van der Waals surface area contributed by atoms with Crippen LogP contribution in [0.4, 0.5) is 4.79 Å². The number of rotatable bonds is 11. The van der Waals surface area contributed by atoms with Gasteiger partial charge in [0.25, 0.3) is 5.91 Å². The average Bonchev–Trinajstić information content (AvgIpc) is 4.14.